The maximum absolute atomic E-state index is 4.87. The van der Waals surface area contributed by atoms with Crippen LogP contribution in [0.25, 0.3) is 28.2 Å². The molecule has 0 aliphatic heterocycles. The number of para-hydroxylation sites is 1. The van der Waals surface area contributed by atoms with Crippen molar-refractivity contribution in [2.75, 3.05) is 0 Å². The van der Waals surface area contributed by atoms with Crippen LogP contribution in [0, 0.1) is 0 Å². The normalized spacial score (nSPS) is 11.4. The summed E-state index contributed by atoms with van der Waals surface area (Å²) in [5.74, 6) is 0.510. The Morgan fingerprint density at radius 1 is 0.647 bits per heavy atom. The molecule has 0 amide bonds. The Balaban J connectivity index is 1.70. The van der Waals surface area contributed by atoms with E-state index in [0.29, 0.717) is 5.92 Å². The summed E-state index contributed by atoms with van der Waals surface area (Å²) in [7, 11) is 0. The molecule has 34 heavy (non-hydrogen) atoms. The van der Waals surface area contributed by atoms with Crippen molar-refractivity contribution in [2.24, 2.45) is 4.99 Å². The topological polar surface area (TPSA) is 17.3 Å². The van der Waals surface area contributed by atoms with Crippen LogP contribution in [-0.4, -0.2) is 10.8 Å². The van der Waals surface area contributed by atoms with Crippen LogP contribution in [0.3, 0.4) is 0 Å². The summed E-state index contributed by atoms with van der Waals surface area (Å²) in [5.41, 5.74) is 9.09. The lowest BCUT2D eigenvalue weighted by molar-refractivity contribution is 0.867. The van der Waals surface area contributed by atoms with Gasteiger partial charge in [-0.15, -0.1) is 0 Å². The molecule has 2 nitrogen and oxygen atoms in total. The molecule has 0 atom stereocenters. The summed E-state index contributed by atoms with van der Waals surface area (Å²) in [4.78, 5) is 4.87. The molecule has 0 N–H and O–H groups in total. The van der Waals surface area contributed by atoms with Crippen molar-refractivity contribution in [3.63, 3.8) is 0 Å². The molecule has 4 aromatic carbocycles. The SMILES string of the molecule is CC(C)c1ccc(N=Cc2cc(-c3ccccc3)n(-c3ccccc3)c2-c2ccccc2)cc1. The van der Waals surface area contributed by atoms with Crippen molar-refractivity contribution in [3.05, 3.63) is 132 Å². The molecule has 5 rings (SSSR count). The first-order valence-electron chi connectivity index (χ1n) is 11.8. The average molecular weight is 441 g/mol. The van der Waals surface area contributed by atoms with E-state index in [1.165, 1.54) is 11.1 Å². The fourth-order valence-electron chi connectivity index (χ4n) is 4.28. The minimum Gasteiger partial charge on any atom is -0.309 e. The Labute approximate surface area is 201 Å². The van der Waals surface area contributed by atoms with Gasteiger partial charge in [-0.2, -0.15) is 0 Å². The van der Waals surface area contributed by atoms with Gasteiger partial charge in [-0.1, -0.05) is 105 Å². The first-order valence-corrected chi connectivity index (χ1v) is 11.8. The Bertz CT molecular complexity index is 1380. The minimum absolute atomic E-state index is 0.510. The third-order valence-corrected chi connectivity index (χ3v) is 6.07. The second-order valence-corrected chi connectivity index (χ2v) is 8.74. The molecule has 166 valence electrons. The second-order valence-electron chi connectivity index (χ2n) is 8.74. The van der Waals surface area contributed by atoms with E-state index in [4.69, 9.17) is 4.99 Å². The van der Waals surface area contributed by atoms with Crippen LogP contribution in [-0.2, 0) is 0 Å². The maximum Gasteiger partial charge on any atom is 0.0630 e. The van der Waals surface area contributed by atoms with Crippen LogP contribution < -0.4 is 0 Å². The summed E-state index contributed by atoms with van der Waals surface area (Å²) in [6, 6.07) is 42.4. The van der Waals surface area contributed by atoms with Gasteiger partial charge in [0.25, 0.3) is 0 Å². The second kappa shape index (κ2) is 9.76. The predicted octanol–water partition coefficient (Wildman–Crippen LogP) is 8.69. The zero-order valence-electron chi connectivity index (χ0n) is 19.6. The molecular formula is C32H28N2. The van der Waals surface area contributed by atoms with Gasteiger partial charge in [0.1, 0.15) is 0 Å². The van der Waals surface area contributed by atoms with Crippen LogP contribution in [0.1, 0.15) is 30.9 Å². The fourth-order valence-corrected chi connectivity index (χ4v) is 4.28. The molecule has 2 heteroatoms. The van der Waals surface area contributed by atoms with E-state index in [0.717, 1.165) is 33.9 Å². The van der Waals surface area contributed by atoms with Gasteiger partial charge in [-0.05, 0) is 52.9 Å². The van der Waals surface area contributed by atoms with Gasteiger partial charge in [-0.25, -0.2) is 0 Å². The van der Waals surface area contributed by atoms with E-state index >= 15 is 0 Å². The maximum atomic E-state index is 4.87. The van der Waals surface area contributed by atoms with E-state index in [2.05, 4.69) is 140 Å². The zero-order chi connectivity index (χ0) is 23.3. The van der Waals surface area contributed by atoms with Crippen LogP contribution in [0.15, 0.2) is 126 Å². The highest BCUT2D eigenvalue weighted by Gasteiger charge is 2.18. The number of benzene rings is 4. The van der Waals surface area contributed by atoms with Crippen molar-refractivity contribution in [3.8, 4) is 28.2 Å². The monoisotopic (exact) mass is 440 g/mol. The molecular weight excluding hydrogens is 412 g/mol. The quantitative estimate of drug-likeness (QED) is 0.235. The summed E-state index contributed by atoms with van der Waals surface area (Å²) < 4.78 is 2.34. The molecule has 0 saturated heterocycles. The van der Waals surface area contributed by atoms with E-state index in [9.17, 15) is 0 Å². The Morgan fingerprint density at radius 3 is 1.79 bits per heavy atom. The minimum atomic E-state index is 0.510. The average Bonchev–Trinajstić information content (AvgIpc) is 3.29. The Kier molecular flexibility index (Phi) is 6.22. The van der Waals surface area contributed by atoms with Crippen molar-refractivity contribution in [1.29, 1.82) is 0 Å². The molecule has 0 bridgehead atoms. The lowest BCUT2D eigenvalue weighted by Crippen LogP contribution is -2.00. The highest BCUT2D eigenvalue weighted by molar-refractivity contribution is 5.94. The van der Waals surface area contributed by atoms with Gasteiger partial charge in [0.2, 0.25) is 0 Å². The highest BCUT2D eigenvalue weighted by Crippen LogP contribution is 2.35. The summed E-state index contributed by atoms with van der Waals surface area (Å²) in [6.45, 7) is 4.42. The standard InChI is InChI=1S/C32H28N2/c1-24(2)25-18-20-29(21-19-25)33-23-28-22-31(26-12-6-3-7-13-26)34(30-16-10-5-11-17-30)32(28)27-14-8-4-9-15-27/h3-24H,1-2H3. The number of hydrogen-bond donors (Lipinski definition) is 0. The molecule has 0 aliphatic carbocycles. The van der Waals surface area contributed by atoms with Gasteiger partial charge in [0, 0.05) is 17.5 Å². The van der Waals surface area contributed by atoms with Crippen molar-refractivity contribution in [2.45, 2.75) is 19.8 Å². The van der Waals surface area contributed by atoms with Gasteiger partial charge in [0.05, 0.1) is 17.1 Å². The summed E-state index contributed by atoms with van der Waals surface area (Å²) >= 11 is 0. The number of rotatable bonds is 6. The van der Waals surface area contributed by atoms with Crippen LogP contribution in [0.4, 0.5) is 5.69 Å². The number of nitrogens with zero attached hydrogens (tertiary/aromatic N) is 2. The van der Waals surface area contributed by atoms with E-state index in [1.807, 2.05) is 6.21 Å². The van der Waals surface area contributed by atoms with Gasteiger partial charge in [-0.3, -0.25) is 4.99 Å². The molecule has 0 fully saturated rings. The van der Waals surface area contributed by atoms with Crippen LogP contribution in [0.2, 0.25) is 0 Å². The molecule has 0 unspecified atom stereocenters. The first-order chi connectivity index (χ1) is 16.7. The molecule has 5 aromatic rings. The molecule has 0 saturated carbocycles. The Morgan fingerprint density at radius 2 is 1.21 bits per heavy atom. The lowest BCUT2D eigenvalue weighted by atomic mass is 10.0. The van der Waals surface area contributed by atoms with Gasteiger partial charge >= 0.3 is 0 Å². The van der Waals surface area contributed by atoms with Gasteiger partial charge in [0.15, 0.2) is 0 Å². The third kappa shape index (κ3) is 4.49. The van der Waals surface area contributed by atoms with Crippen molar-refractivity contribution < 1.29 is 0 Å². The smallest absolute Gasteiger partial charge is 0.0630 e. The zero-order valence-corrected chi connectivity index (χ0v) is 19.6. The third-order valence-electron chi connectivity index (χ3n) is 6.07. The first kappa shape index (κ1) is 21.7. The fraction of sp³-hybridized carbons (Fsp3) is 0.0938. The van der Waals surface area contributed by atoms with E-state index in [-0.39, 0.29) is 0 Å². The Hall–Kier alpha value is -4.17. The van der Waals surface area contributed by atoms with E-state index in [1.54, 1.807) is 0 Å². The predicted molar refractivity (Wildman–Crippen MR) is 144 cm³/mol. The molecule has 1 aromatic heterocycles. The molecule has 1 heterocycles. The molecule has 0 radical (unpaired) electrons. The van der Waals surface area contributed by atoms with Gasteiger partial charge < -0.3 is 4.57 Å². The van der Waals surface area contributed by atoms with E-state index < -0.39 is 0 Å². The summed E-state index contributed by atoms with van der Waals surface area (Å²) in [5, 5.41) is 0. The number of hydrogen-bond acceptors (Lipinski definition) is 1. The number of aliphatic imine (C=N–C) groups is 1. The van der Waals surface area contributed by atoms with Crippen LogP contribution in [0.5, 0.6) is 0 Å². The summed E-state index contributed by atoms with van der Waals surface area (Å²) in [6.07, 6.45) is 2.00. The van der Waals surface area contributed by atoms with Crippen molar-refractivity contribution in [1.82, 2.24) is 4.57 Å². The van der Waals surface area contributed by atoms with Crippen molar-refractivity contribution >= 4 is 11.9 Å². The van der Waals surface area contributed by atoms with Crippen LogP contribution >= 0.6 is 0 Å². The lowest BCUT2D eigenvalue weighted by Gasteiger charge is -2.15. The molecule has 0 aliphatic rings. The molecule has 0 spiro atoms. The highest BCUT2D eigenvalue weighted by atomic mass is 15.0. The largest absolute Gasteiger partial charge is 0.309 e. The number of aromatic nitrogens is 1.